The molecule has 0 bridgehead atoms. The molecule has 1 aromatic rings. The summed E-state index contributed by atoms with van der Waals surface area (Å²) in [6, 6.07) is 8.86. The van der Waals surface area contributed by atoms with E-state index in [2.05, 4.69) is 43.4 Å². The molecular weight excluding hydrogens is 310 g/mol. The number of amides is 1. The highest BCUT2D eigenvalue weighted by Gasteiger charge is 2.33. The number of hydrogen-bond donors (Lipinski definition) is 2. The molecule has 0 radical (unpaired) electrons. The molecule has 1 amide bonds. The van der Waals surface area contributed by atoms with Gasteiger partial charge in [-0.05, 0) is 50.8 Å². The van der Waals surface area contributed by atoms with Crippen molar-refractivity contribution in [2.45, 2.75) is 58.0 Å². The Labute approximate surface area is 146 Å². The van der Waals surface area contributed by atoms with Crippen LogP contribution >= 0.6 is 12.4 Å². The van der Waals surface area contributed by atoms with E-state index >= 15 is 0 Å². The molecule has 0 spiro atoms. The Morgan fingerprint density at radius 2 is 2.04 bits per heavy atom. The Bertz CT molecular complexity index is 511. The minimum absolute atomic E-state index is 0. The Kier molecular flexibility index (Phi) is 7.36. The van der Waals surface area contributed by atoms with E-state index in [0.29, 0.717) is 6.04 Å². The molecule has 0 aromatic heterocycles. The Morgan fingerprint density at radius 3 is 2.61 bits per heavy atom. The SMILES string of the molecule is CCCC(C)(N)C(=O)N1CCC(Nc2cccc(C)c2)CC1.Cl. The van der Waals surface area contributed by atoms with Crippen LogP contribution in [0.25, 0.3) is 0 Å². The fraction of sp³-hybridized carbons (Fsp3) is 0.611. The van der Waals surface area contributed by atoms with E-state index in [-0.39, 0.29) is 18.3 Å². The van der Waals surface area contributed by atoms with Gasteiger partial charge in [0, 0.05) is 24.8 Å². The summed E-state index contributed by atoms with van der Waals surface area (Å²) in [7, 11) is 0. The summed E-state index contributed by atoms with van der Waals surface area (Å²) in [5.41, 5.74) is 7.88. The van der Waals surface area contributed by atoms with Crippen molar-refractivity contribution in [1.29, 1.82) is 0 Å². The molecule has 1 fully saturated rings. The monoisotopic (exact) mass is 339 g/mol. The molecule has 1 unspecified atom stereocenters. The average molecular weight is 340 g/mol. The predicted molar refractivity (Wildman–Crippen MR) is 99.2 cm³/mol. The van der Waals surface area contributed by atoms with Crippen LogP contribution in [-0.2, 0) is 4.79 Å². The molecule has 130 valence electrons. The van der Waals surface area contributed by atoms with Crippen LogP contribution in [0.4, 0.5) is 5.69 Å². The highest BCUT2D eigenvalue weighted by molar-refractivity contribution is 5.86. The Hall–Kier alpha value is -1.26. The number of benzene rings is 1. The zero-order chi connectivity index (χ0) is 16.2. The van der Waals surface area contributed by atoms with Gasteiger partial charge in [0.1, 0.15) is 0 Å². The molecule has 1 aliphatic heterocycles. The van der Waals surface area contributed by atoms with E-state index < -0.39 is 5.54 Å². The first-order chi connectivity index (χ1) is 10.4. The number of nitrogens with one attached hydrogen (secondary N) is 1. The normalized spacial score (nSPS) is 18.0. The quantitative estimate of drug-likeness (QED) is 0.865. The summed E-state index contributed by atoms with van der Waals surface area (Å²) in [5, 5.41) is 3.58. The molecule has 1 atom stereocenters. The Balaban J connectivity index is 0.00000264. The van der Waals surface area contributed by atoms with Crippen LogP contribution in [0.2, 0.25) is 0 Å². The van der Waals surface area contributed by atoms with Crippen LogP contribution in [0.5, 0.6) is 0 Å². The van der Waals surface area contributed by atoms with Crippen LogP contribution in [0.1, 0.15) is 45.1 Å². The van der Waals surface area contributed by atoms with E-state index in [0.717, 1.165) is 38.8 Å². The molecular formula is C18H30ClN3O. The summed E-state index contributed by atoms with van der Waals surface area (Å²) < 4.78 is 0. The van der Waals surface area contributed by atoms with Gasteiger partial charge in [0.2, 0.25) is 5.91 Å². The molecule has 5 heteroatoms. The van der Waals surface area contributed by atoms with Gasteiger partial charge in [0.15, 0.2) is 0 Å². The largest absolute Gasteiger partial charge is 0.382 e. The fourth-order valence-electron chi connectivity index (χ4n) is 3.18. The summed E-state index contributed by atoms with van der Waals surface area (Å²) in [6.07, 6.45) is 3.63. The molecule has 1 saturated heterocycles. The third-order valence-corrected chi connectivity index (χ3v) is 4.43. The number of halogens is 1. The second kappa shape index (κ2) is 8.55. The highest BCUT2D eigenvalue weighted by Crippen LogP contribution is 2.20. The first-order valence-corrected chi connectivity index (χ1v) is 8.34. The molecule has 3 N–H and O–H groups in total. The number of likely N-dealkylation sites (tertiary alicyclic amines) is 1. The van der Waals surface area contributed by atoms with Gasteiger partial charge in [-0.25, -0.2) is 0 Å². The summed E-state index contributed by atoms with van der Waals surface area (Å²) in [4.78, 5) is 14.4. The molecule has 4 nitrogen and oxygen atoms in total. The van der Waals surface area contributed by atoms with Crippen molar-refractivity contribution in [2.75, 3.05) is 18.4 Å². The van der Waals surface area contributed by atoms with Gasteiger partial charge in [-0.2, -0.15) is 0 Å². The second-order valence-electron chi connectivity index (χ2n) is 6.75. The average Bonchev–Trinajstić information content (AvgIpc) is 2.47. The van der Waals surface area contributed by atoms with Crippen molar-refractivity contribution in [3.63, 3.8) is 0 Å². The molecule has 2 rings (SSSR count). The molecule has 0 aliphatic carbocycles. The maximum absolute atomic E-state index is 12.5. The van der Waals surface area contributed by atoms with Crippen LogP contribution in [-0.4, -0.2) is 35.5 Å². The molecule has 1 heterocycles. The molecule has 0 saturated carbocycles. The lowest BCUT2D eigenvalue weighted by atomic mass is 9.94. The van der Waals surface area contributed by atoms with Crippen LogP contribution in [0.15, 0.2) is 24.3 Å². The number of piperidine rings is 1. The first kappa shape index (κ1) is 19.8. The third kappa shape index (κ3) is 5.40. The minimum Gasteiger partial charge on any atom is -0.382 e. The molecule has 1 aliphatic rings. The summed E-state index contributed by atoms with van der Waals surface area (Å²) in [5.74, 6) is 0.100. The standard InChI is InChI=1S/C18H29N3O.ClH/c1-4-10-18(3,19)17(22)21-11-8-15(9-12-21)20-16-7-5-6-14(2)13-16;/h5-7,13,15,20H,4,8-12,19H2,1-3H3;1H. The number of hydrogen-bond acceptors (Lipinski definition) is 3. The predicted octanol–water partition coefficient (Wildman–Crippen LogP) is 3.34. The van der Waals surface area contributed by atoms with Crippen molar-refractivity contribution < 1.29 is 4.79 Å². The van der Waals surface area contributed by atoms with Crippen molar-refractivity contribution in [3.05, 3.63) is 29.8 Å². The van der Waals surface area contributed by atoms with Crippen molar-refractivity contribution in [3.8, 4) is 0 Å². The highest BCUT2D eigenvalue weighted by atomic mass is 35.5. The topological polar surface area (TPSA) is 58.4 Å². The number of nitrogens with zero attached hydrogens (tertiary/aromatic N) is 1. The summed E-state index contributed by atoms with van der Waals surface area (Å²) >= 11 is 0. The maximum Gasteiger partial charge on any atom is 0.242 e. The number of rotatable bonds is 5. The van der Waals surface area contributed by atoms with E-state index in [1.165, 1.54) is 11.3 Å². The smallest absolute Gasteiger partial charge is 0.242 e. The number of carbonyl (C=O) groups is 1. The maximum atomic E-state index is 12.5. The molecule has 1 aromatic carbocycles. The third-order valence-electron chi connectivity index (χ3n) is 4.43. The van der Waals surface area contributed by atoms with Crippen molar-refractivity contribution >= 4 is 24.0 Å². The first-order valence-electron chi connectivity index (χ1n) is 8.34. The van der Waals surface area contributed by atoms with Gasteiger partial charge in [-0.1, -0.05) is 25.5 Å². The lowest BCUT2D eigenvalue weighted by Gasteiger charge is -2.37. The summed E-state index contributed by atoms with van der Waals surface area (Å²) in [6.45, 7) is 7.60. The van der Waals surface area contributed by atoms with Crippen LogP contribution < -0.4 is 11.1 Å². The van der Waals surface area contributed by atoms with Gasteiger partial charge >= 0.3 is 0 Å². The van der Waals surface area contributed by atoms with E-state index in [4.69, 9.17) is 5.73 Å². The number of anilines is 1. The number of nitrogens with two attached hydrogens (primary N) is 1. The Morgan fingerprint density at radius 1 is 1.39 bits per heavy atom. The minimum atomic E-state index is -0.717. The van der Waals surface area contributed by atoms with Gasteiger partial charge in [0.05, 0.1) is 5.54 Å². The van der Waals surface area contributed by atoms with Crippen molar-refractivity contribution in [1.82, 2.24) is 4.90 Å². The van der Waals surface area contributed by atoms with Crippen LogP contribution in [0, 0.1) is 6.92 Å². The fourth-order valence-corrected chi connectivity index (χ4v) is 3.18. The van der Waals surface area contributed by atoms with E-state index in [1.807, 2.05) is 11.8 Å². The zero-order valence-corrected chi connectivity index (χ0v) is 15.3. The van der Waals surface area contributed by atoms with Gasteiger partial charge < -0.3 is 16.0 Å². The zero-order valence-electron chi connectivity index (χ0n) is 14.5. The lowest BCUT2D eigenvalue weighted by Crippen LogP contribution is -2.55. The van der Waals surface area contributed by atoms with Gasteiger partial charge in [-0.15, -0.1) is 12.4 Å². The van der Waals surface area contributed by atoms with E-state index in [1.54, 1.807) is 0 Å². The van der Waals surface area contributed by atoms with Crippen LogP contribution in [0.3, 0.4) is 0 Å². The second-order valence-corrected chi connectivity index (χ2v) is 6.75. The van der Waals surface area contributed by atoms with E-state index in [9.17, 15) is 4.79 Å². The van der Waals surface area contributed by atoms with Crippen molar-refractivity contribution in [2.24, 2.45) is 5.73 Å². The van der Waals surface area contributed by atoms with Gasteiger partial charge in [0.25, 0.3) is 0 Å². The number of carbonyl (C=O) groups excluding carboxylic acids is 1. The van der Waals surface area contributed by atoms with Gasteiger partial charge in [-0.3, -0.25) is 4.79 Å². The molecule has 23 heavy (non-hydrogen) atoms. The lowest BCUT2D eigenvalue weighted by molar-refractivity contribution is -0.137. The number of aryl methyl sites for hydroxylation is 1.